The highest BCUT2D eigenvalue weighted by Gasteiger charge is 2.44. The van der Waals surface area contributed by atoms with Crippen LogP contribution in [0.5, 0.6) is 0 Å². The van der Waals surface area contributed by atoms with Crippen LogP contribution in [0.2, 0.25) is 0 Å². The minimum Gasteiger partial charge on any atom is -0.385 e. The van der Waals surface area contributed by atoms with Crippen molar-refractivity contribution >= 4 is 23.3 Å². The molecule has 2 rings (SSSR count). The van der Waals surface area contributed by atoms with E-state index in [1.807, 2.05) is 11.4 Å². The van der Waals surface area contributed by atoms with Crippen LogP contribution >= 0.6 is 23.3 Å². The zero-order valence-corrected chi connectivity index (χ0v) is 9.20. The first kappa shape index (κ1) is 9.49. The summed E-state index contributed by atoms with van der Waals surface area (Å²) in [5.41, 5.74) is 0.846. The van der Waals surface area contributed by atoms with Gasteiger partial charge in [-0.2, -0.15) is 16.1 Å². The van der Waals surface area contributed by atoms with Crippen LogP contribution in [0.4, 0.5) is 0 Å². The molecule has 4 heteroatoms. The van der Waals surface area contributed by atoms with Crippen LogP contribution in [-0.4, -0.2) is 20.5 Å². The van der Waals surface area contributed by atoms with E-state index in [1.165, 1.54) is 18.0 Å². The van der Waals surface area contributed by atoms with Crippen molar-refractivity contribution in [3.63, 3.8) is 0 Å². The van der Waals surface area contributed by atoms with Gasteiger partial charge in [0.05, 0.1) is 5.69 Å². The molecule has 0 aromatic carbocycles. The van der Waals surface area contributed by atoms with Crippen LogP contribution in [0.25, 0.3) is 0 Å². The molecule has 1 saturated carbocycles. The summed E-state index contributed by atoms with van der Waals surface area (Å²) in [7, 11) is 0. The van der Waals surface area contributed by atoms with Gasteiger partial charge in [-0.3, -0.25) is 0 Å². The fourth-order valence-corrected chi connectivity index (χ4v) is 3.33. The Morgan fingerprint density at radius 2 is 2.46 bits per heavy atom. The van der Waals surface area contributed by atoms with Crippen LogP contribution < -0.4 is 0 Å². The number of hydrogen-bond acceptors (Lipinski definition) is 4. The Labute approximate surface area is 86.5 Å². The van der Waals surface area contributed by atoms with Gasteiger partial charge in [0.25, 0.3) is 0 Å². The predicted molar refractivity (Wildman–Crippen MR) is 57.2 cm³/mol. The lowest BCUT2D eigenvalue weighted by molar-refractivity contribution is 0.0848. The summed E-state index contributed by atoms with van der Waals surface area (Å²) in [5.74, 6) is 0. The average molecular weight is 215 g/mol. The van der Waals surface area contributed by atoms with Crippen LogP contribution in [0.1, 0.15) is 31.1 Å². The molecule has 1 unspecified atom stereocenters. The molecule has 2 nitrogen and oxygen atoms in total. The van der Waals surface area contributed by atoms with Gasteiger partial charge in [-0.15, -0.1) is 0 Å². The summed E-state index contributed by atoms with van der Waals surface area (Å²) in [6, 6.07) is 1.92. The normalized spacial score (nSPS) is 22.3. The van der Waals surface area contributed by atoms with Crippen molar-refractivity contribution in [2.75, 3.05) is 6.26 Å². The van der Waals surface area contributed by atoms with Crippen molar-refractivity contribution in [3.8, 4) is 0 Å². The Morgan fingerprint density at radius 1 is 1.69 bits per heavy atom. The molecule has 1 fully saturated rings. The highest BCUT2D eigenvalue weighted by Crippen LogP contribution is 2.50. The monoisotopic (exact) mass is 215 g/mol. The molecule has 0 spiro atoms. The van der Waals surface area contributed by atoms with E-state index >= 15 is 0 Å². The predicted octanol–water partition coefficient (Wildman–Crippen LogP) is 2.46. The standard InChI is InChI=1S/C9H13NOS2/c1-12-9(4-2-5-9)8(11)7-3-6-13-10-7/h3,6,8,11H,2,4-5H2,1H3. The highest BCUT2D eigenvalue weighted by atomic mass is 32.2. The average Bonchev–Trinajstić information content (AvgIpc) is 2.54. The molecule has 1 aliphatic rings. The van der Waals surface area contributed by atoms with Crippen LogP contribution in [0, 0.1) is 0 Å². The van der Waals surface area contributed by atoms with Gasteiger partial charge in [0.1, 0.15) is 6.10 Å². The second-order valence-corrected chi connectivity index (χ2v) is 5.34. The van der Waals surface area contributed by atoms with E-state index in [9.17, 15) is 5.11 Å². The van der Waals surface area contributed by atoms with Crippen molar-refractivity contribution < 1.29 is 5.11 Å². The fourth-order valence-electron chi connectivity index (χ4n) is 1.75. The van der Waals surface area contributed by atoms with Crippen LogP contribution in [0.3, 0.4) is 0 Å². The third-order valence-corrected chi connectivity index (χ3v) is 4.86. The summed E-state index contributed by atoms with van der Waals surface area (Å²) in [6.07, 6.45) is 5.18. The summed E-state index contributed by atoms with van der Waals surface area (Å²) in [4.78, 5) is 0. The number of aromatic nitrogens is 1. The van der Waals surface area contributed by atoms with E-state index in [0.29, 0.717) is 0 Å². The maximum Gasteiger partial charge on any atom is 0.112 e. The number of rotatable bonds is 3. The summed E-state index contributed by atoms with van der Waals surface area (Å²) < 4.78 is 4.25. The van der Waals surface area contributed by atoms with Crippen LogP contribution in [-0.2, 0) is 0 Å². The Hall–Kier alpha value is -0.0600. The van der Waals surface area contributed by atoms with Crippen molar-refractivity contribution in [2.24, 2.45) is 0 Å². The van der Waals surface area contributed by atoms with Gasteiger partial charge in [-0.05, 0) is 36.7 Å². The Kier molecular flexibility index (Phi) is 2.62. The molecule has 0 radical (unpaired) electrons. The maximum absolute atomic E-state index is 10.1. The lowest BCUT2D eigenvalue weighted by atomic mass is 9.79. The van der Waals surface area contributed by atoms with E-state index in [0.717, 1.165) is 18.5 Å². The Morgan fingerprint density at radius 3 is 2.85 bits per heavy atom. The number of nitrogens with zero attached hydrogens (tertiary/aromatic N) is 1. The first-order valence-electron chi connectivity index (χ1n) is 4.42. The number of thioether (sulfide) groups is 1. The highest BCUT2D eigenvalue weighted by molar-refractivity contribution is 8.00. The molecule has 1 aromatic rings. The van der Waals surface area contributed by atoms with Gasteiger partial charge < -0.3 is 5.11 Å². The molecule has 1 aromatic heterocycles. The fraction of sp³-hybridized carbons (Fsp3) is 0.667. The molecular weight excluding hydrogens is 202 g/mol. The molecule has 1 atom stereocenters. The quantitative estimate of drug-likeness (QED) is 0.841. The summed E-state index contributed by atoms with van der Waals surface area (Å²) >= 11 is 3.19. The largest absolute Gasteiger partial charge is 0.385 e. The summed E-state index contributed by atoms with van der Waals surface area (Å²) in [6.45, 7) is 0. The molecule has 0 amide bonds. The van der Waals surface area contributed by atoms with E-state index < -0.39 is 0 Å². The number of aliphatic hydroxyl groups is 1. The lowest BCUT2D eigenvalue weighted by Crippen LogP contribution is -2.39. The third kappa shape index (κ3) is 1.51. The molecule has 1 aliphatic carbocycles. The molecular formula is C9H13NOS2. The summed E-state index contributed by atoms with van der Waals surface area (Å²) in [5, 5.41) is 12.0. The van der Waals surface area contributed by atoms with Gasteiger partial charge in [0, 0.05) is 10.1 Å². The topological polar surface area (TPSA) is 33.1 Å². The van der Waals surface area contributed by atoms with Crippen molar-refractivity contribution in [1.82, 2.24) is 4.37 Å². The Bertz CT molecular complexity index is 264. The molecule has 0 aliphatic heterocycles. The van der Waals surface area contributed by atoms with E-state index in [-0.39, 0.29) is 10.9 Å². The maximum atomic E-state index is 10.1. The van der Waals surface area contributed by atoms with Gasteiger partial charge in [0.2, 0.25) is 0 Å². The van der Waals surface area contributed by atoms with E-state index in [1.54, 1.807) is 11.8 Å². The molecule has 72 valence electrons. The SMILES string of the molecule is CSC1(C(O)c2ccsn2)CCC1. The zero-order chi connectivity index (χ0) is 9.31. The van der Waals surface area contributed by atoms with Crippen molar-refractivity contribution in [2.45, 2.75) is 30.1 Å². The van der Waals surface area contributed by atoms with Crippen molar-refractivity contribution in [1.29, 1.82) is 0 Å². The second-order valence-electron chi connectivity index (χ2n) is 3.45. The number of aliphatic hydroxyl groups excluding tert-OH is 1. The van der Waals surface area contributed by atoms with E-state index in [4.69, 9.17) is 0 Å². The van der Waals surface area contributed by atoms with Crippen molar-refractivity contribution in [3.05, 3.63) is 17.1 Å². The number of hydrogen-bond donors (Lipinski definition) is 1. The van der Waals surface area contributed by atoms with E-state index in [2.05, 4.69) is 10.6 Å². The van der Waals surface area contributed by atoms with Gasteiger partial charge >= 0.3 is 0 Å². The third-order valence-electron chi connectivity index (χ3n) is 2.84. The second kappa shape index (κ2) is 3.59. The van der Waals surface area contributed by atoms with Crippen LogP contribution in [0.15, 0.2) is 11.4 Å². The molecule has 13 heavy (non-hydrogen) atoms. The smallest absolute Gasteiger partial charge is 0.112 e. The molecule has 0 bridgehead atoms. The van der Waals surface area contributed by atoms with Gasteiger partial charge in [0.15, 0.2) is 0 Å². The molecule has 0 saturated heterocycles. The first-order valence-corrected chi connectivity index (χ1v) is 6.48. The molecule has 1 N–H and O–H groups in total. The molecule has 1 heterocycles. The first-order chi connectivity index (χ1) is 6.28. The van der Waals surface area contributed by atoms with Gasteiger partial charge in [-0.1, -0.05) is 6.42 Å². The minimum absolute atomic E-state index is 0.0636. The minimum atomic E-state index is -0.373. The lowest BCUT2D eigenvalue weighted by Gasteiger charge is -2.43. The zero-order valence-electron chi connectivity index (χ0n) is 7.56. The van der Waals surface area contributed by atoms with Gasteiger partial charge in [-0.25, -0.2) is 0 Å². The Balaban J connectivity index is 2.16.